The molecule has 2 aromatic heterocycles. The zero-order chi connectivity index (χ0) is 21.1. The second-order valence-corrected chi connectivity index (χ2v) is 6.99. The Balaban J connectivity index is 1.98. The quantitative estimate of drug-likeness (QED) is 0.467. The molecule has 0 spiro atoms. The number of hydrogen-bond acceptors (Lipinski definition) is 5. The van der Waals surface area contributed by atoms with Crippen LogP contribution >= 0.6 is 0 Å². The molecule has 0 unspecified atom stereocenters. The number of rotatable bonds is 6. The first kappa shape index (κ1) is 19.5. The molecule has 0 saturated carbocycles. The molecule has 4 aromatic rings. The summed E-state index contributed by atoms with van der Waals surface area (Å²) in [6.07, 6.45) is 0.693. The molecule has 6 heteroatoms. The fraction of sp³-hybridized carbons (Fsp3) is 0.208. The highest BCUT2D eigenvalue weighted by atomic mass is 16.5. The summed E-state index contributed by atoms with van der Waals surface area (Å²) in [5, 5.41) is 13.4. The third kappa shape index (κ3) is 3.46. The molecule has 150 valence electrons. The Labute approximate surface area is 174 Å². The summed E-state index contributed by atoms with van der Waals surface area (Å²) in [6.45, 7) is 4.05. The van der Waals surface area contributed by atoms with E-state index in [1.165, 1.54) is 0 Å². The molecule has 0 fully saturated rings. The van der Waals surface area contributed by atoms with Crippen molar-refractivity contribution in [2.75, 3.05) is 11.9 Å². The third-order valence-corrected chi connectivity index (χ3v) is 5.15. The molecule has 0 bridgehead atoms. The van der Waals surface area contributed by atoms with E-state index in [9.17, 15) is 10.1 Å². The number of imidazole rings is 1. The molecule has 0 aliphatic heterocycles. The van der Waals surface area contributed by atoms with E-state index in [4.69, 9.17) is 9.72 Å². The van der Waals surface area contributed by atoms with Crippen molar-refractivity contribution >= 4 is 34.2 Å². The average Bonchev–Trinajstić information content (AvgIpc) is 3.13. The van der Waals surface area contributed by atoms with E-state index in [-0.39, 0.29) is 12.4 Å². The number of fused-ring (bicyclic) bond motifs is 3. The van der Waals surface area contributed by atoms with Gasteiger partial charge in [-0.3, -0.25) is 9.20 Å². The van der Waals surface area contributed by atoms with Gasteiger partial charge in [0.25, 0.3) is 0 Å². The number of anilines is 2. The largest absolute Gasteiger partial charge is 0.466 e. The molecule has 4 rings (SSSR count). The van der Waals surface area contributed by atoms with Gasteiger partial charge in [-0.25, -0.2) is 4.98 Å². The fourth-order valence-corrected chi connectivity index (χ4v) is 3.74. The van der Waals surface area contributed by atoms with Crippen LogP contribution < -0.4 is 5.32 Å². The lowest BCUT2D eigenvalue weighted by molar-refractivity contribution is -0.143. The molecule has 0 amide bonds. The molecule has 1 N–H and O–H groups in total. The van der Waals surface area contributed by atoms with Crippen molar-refractivity contribution in [3.8, 4) is 6.07 Å². The van der Waals surface area contributed by atoms with E-state index in [1.54, 1.807) is 6.92 Å². The Hall–Kier alpha value is -3.85. The van der Waals surface area contributed by atoms with Gasteiger partial charge in [0.2, 0.25) is 0 Å². The van der Waals surface area contributed by atoms with Gasteiger partial charge in [0.05, 0.1) is 23.2 Å². The Morgan fingerprint density at radius 2 is 1.90 bits per heavy atom. The zero-order valence-electron chi connectivity index (χ0n) is 17.0. The summed E-state index contributed by atoms with van der Waals surface area (Å²) in [7, 11) is 0. The molecule has 2 heterocycles. The number of ether oxygens (including phenoxy) is 1. The Morgan fingerprint density at radius 1 is 1.17 bits per heavy atom. The summed E-state index contributed by atoms with van der Waals surface area (Å²) in [5.74, 6) is 0.558. The lowest BCUT2D eigenvalue weighted by Crippen LogP contribution is -2.11. The van der Waals surface area contributed by atoms with Crippen LogP contribution in [-0.4, -0.2) is 22.0 Å². The van der Waals surface area contributed by atoms with Gasteiger partial charge in [0.1, 0.15) is 11.9 Å². The van der Waals surface area contributed by atoms with Crippen molar-refractivity contribution in [1.82, 2.24) is 9.38 Å². The van der Waals surface area contributed by atoms with E-state index in [2.05, 4.69) is 11.4 Å². The Bertz CT molecular complexity index is 1270. The van der Waals surface area contributed by atoms with Crippen molar-refractivity contribution in [1.29, 1.82) is 5.26 Å². The predicted molar refractivity (Wildman–Crippen MR) is 117 cm³/mol. The maximum Gasteiger partial charge on any atom is 0.306 e. The van der Waals surface area contributed by atoms with Crippen LogP contribution in [0.2, 0.25) is 0 Å². The van der Waals surface area contributed by atoms with Gasteiger partial charge in [-0.05, 0) is 55.7 Å². The number of esters is 1. The first-order chi connectivity index (χ1) is 14.6. The van der Waals surface area contributed by atoms with Crippen molar-refractivity contribution in [3.63, 3.8) is 0 Å². The van der Waals surface area contributed by atoms with Crippen LogP contribution in [-0.2, 0) is 16.0 Å². The van der Waals surface area contributed by atoms with E-state index in [0.717, 1.165) is 33.7 Å². The first-order valence-electron chi connectivity index (χ1n) is 9.94. The molecule has 0 radical (unpaired) electrons. The third-order valence-electron chi connectivity index (χ3n) is 5.15. The van der Waals surface area contributed by atoms with Crippen molar-refractivity contribution < 1.29 is 9.53 Å². The number of hydrogen-bond donors (Lipinski definition) is 1. The highest BCUT2D eigenvalue weighted by molar-refractivity contribution is 5.87. The highest BCUT2D eigenvalue weighted by Gasteiger charge is 2.21. The minimum atomic E-state index is -0.253. The van der Waals surface area contributed by atoms with Gasteiger partial charge in [0, 0.05) is 12.1 Å². The second kappa shape index (κ2) is 8.26. The highest BCUT2D eigenvalue weighted by Crippen LogP contribution is 2.33. The van der Waals surface area contributed by atoms with Crippen LogP contribution in [0.4, 0.5) is 11.5 Å². The van der Waals surface area contributed by atoms with Crippen LogP contribution in [0.15, 0.2) is 54.6 Å². The molecular formula is C24H22N4O2. The minimum absolute atomic E-state index is 0.237. The molecule has 6 nitrogen and oxygen atoms in total. The van der Waals surface area contributed by atoms with E-state index >= 15 is 0 Å². The normalized spacial score (nSPS) is 10.8. The maximum atomic E-state index is 12.1. The van der Waals surface area contributed by atoms with Gasteiger partial charge < -0.3 is 10.1 Å². The number of nitrogens with zero attached hydrogens (tertiary/aromatic N) is 3. The van der Waals surface area contributed by atoms with E-state index in [0.29, 0.717) is 24.2 Å². The topological polar surface area (TPSA) is 79.4 Å². The van der Waals surface area contributed by atoms with Gasteiger partial charge in [0.15, 0.2) is 5.65 Å². The Kier molecular flexibility index (Phi) is 5.36. The van der Waals surface area contributed by atoms with Crippen LogP contribution in [0.1, 0.15) is 30.0 Å². The van der Waals surface area contributed by atoms with Gasteiger partial charge >= 0.3 is 5.97 Å². The predicted octanol–water partition coefficient (Wildman–Crippen LogP) is 4.91. The van der Waals surface area contributed by atoms with Crippen molar-refractivity contribution in [2.45, 2.75) is 26.7 Å². The monoisotopic (exact) mass is 398 g/mol. The first-order valence-corrected chi connectivity index (χ1v) is 9.94. The lowest BCUT2D eigenvalue weighted by atomic mass is 10.00. The molecular weight excluding hydrogens is 376 g/mol. The minimum Gasteiger partial charge on any atom is -0.466 e. The van der Waals surface area contributed by atoms with Crippen LogP contribution in [0, 0.1) is 18.3 Å². The molecule has 30 heavy (non-hydrogen) atoms. The number of nitriles is 1. The van der Waals surface area contributed by atoms with Crippen molar-refractivity contribution in [2.24, 2.45) is 0 Å². The average molecular weight is 398 g/mol. The van der Waals surface area contributed by atoms with Crippen LogP contribution in [0.5, 0.6) is 0 Å². The second-order valence-electron chi connectivity index (χ2n) is 6.99. The molecule has 0 aliphatic carbocycles. The van der Waals surface area contributed by atoms with Gasteiger partial charge in [-0.2, -0.15) is 5.26 Å². The Morgan fingerprint density at radius 3 is 2.63 bits per heavy atom. The molecule has 0 aliphatic rings. The van der Waals surface area contributed by atoms with Crippen LogP contribution in [0.25, 0.3) is 16.7 Å². The lowest BCUT2D eigenvalue weighted by Gasteiger charge is -2.19. The standard InChI is InChI=1S/C24H22N4O2/c1-3-30-22(29)14-13-18-16(2)19(15-25)24-27-20-11-7-8-12-21(20)28(24)23(18)26-17-9-5-4-6-10-17/h4-12,26H,3,13-14H2,1-2H3. The number of carbonyl (C=O) groups excluding carboxylic acids is 1. The number of benzene rings is 2. The number of pyridine rings is 1. The molecule has 0 saturated heterocycles. The summed E-state index contributed by atoms with van der Waals surface area (Å²) in [4.78, 5) is 16.8. The number of aromatic nitrogens is 2. The smallest absolute Gasteiger partial charge is 0.306 e. The summed E-state index contributed by atoms with van der Waals surface area (Å²) in [5.41, 5.74) is 5.48. The zero-order valence-corrected chi connectivity index (χ0v) is 17.0. The van der Waals surface area contributed by atoms with Gasteiger partial charge in [-0.1, -0.05) is 30.3 Å². The van der Waals surface area contributed by atoms with E-state index < -0.39 is 0 Å². The number of nitrogens with one attached hydrogen (secondary N) is 1. The SMILES string of the molecule is CCOC(=O)CCc1c(C)c(C#N)c2nc3ccccc3n2c1Nc1ccccc1. The number of para-hydroxylation sites is 3. The molecule has 2 aromatic carbocycles. The summed E-state index contributed by atoms with van der Waals surface area (Å²) in [6, 6.07) is 19.9. The van der Waals surface area contributed by atoms with Crippen molar-refractivity contribution in [3.05, 3.63) is 71.3 Å². The molecule has 0 atom stereocenters. The fourth-order valence-electron chi connectivity index (χ4n) is 3.74. The van der Waals surface area contributed by atoms with E-state index in [1.807, 2.05) is 65.9 Å². The van der Waals surface area contributed by atoms with Crippen LogP contribution in [0.3, 0.4) is 0 Å². The summed E-state index contributed by atoms with van der Waals surface area (Å²) >= 11 is 0. The maximum absolute atomic E-state index is 12.1. The summed E-state index contributed by atoms with van der Waals surface area (Å²) < 4.78 is 7.10. The van der Waals surface area contributed by atoms with Gasteiger partial charge in [-0.15, -0.1) is 0 Å². The number of carbonyl (C=O) groups is 1.